The molecule has 0 aromatic carbocycles. The van der Waals surface area contributed by atoms with Crippen molar-refractivity contribution < 1.29 is 4.79 Å². The fourth-order valence-electron chi connectivity index (χ4n) is 1.73. The van der Waals surface area contributed by atoms with Gasteiger partial charge in [-0.05, 0) is 37.7 Å². The van der Waals surface area contributed by atoms with Crippen molar-refractivity contribution in [3.8, 4) is 0 Å². The molecule has 0 spiro atoms. The Morgan fingerprint density at radius 3 is 2.74 bits per heavy atom. The molecule has 2 heterocycles. The third-order valence-electron chi connectivity index (χ3n) is 2.75. The second kappa shape index (κ2) is 6.52. The van der Waals surface area contributed by atoms with Gasteiger partial charge < -0.3 is 10.2 Å². The third kappa shape index (κ3) is 3.79. The predicted octanol–water partition coefficient (Wildman–Crippen LogP) is 3.50. The van der Waals surface area contributed by atoms with E-state index in [4.69, 9.17) is 11.6 Å². The van der Waals surface area contributed by atoms with Crippen molar-refractivity contribution in [1.29, 1.82) is 0 Å². The maximum Gasteiger partial charge on any atom is 0.261 e. The number of rotatable bonds is 5. The highest BCUT2D eigenvalue weighted by molar-refractivity contribution is 7.18. The van der Waals surface area contributed by atoms with E-state index in [0.717, 1.165) is 0 Å². The molecule has 0 saturated heterocycles. The summed E-state index contributed by atoms with van der Waals surface area (Å²) in [4.78, 5) is 16.0. The van der Waals surface area contributed by atoms with E-state index in [1.807, 2.05) is 25.5 Å². The van der Waals surface area contributed by atoms with Crippen LogP contribution in [0.3, 0.4) is 0 Å². The lowest BCUT2D eigenvalue weighted by Crippen LogP contribution is -2.33. The van der Waals surface area contributed by atoms with Crippen LogP contribution in [0.5, 0.6) is 0 Å². The van der Waals surface area contributed by atoms with Gasteiger partial charge in [0.2, 0.25) is 0 Å². The first-order valence-electron chi connectivity index (χ1n) is 5.81. The van der Waals surface area contributed by atoms with Gasteiger partial charge in [-0.25, -0.2) is 0 Å². The van der Waals surface area contributed by atoms with Gasteiger partial charge in [0, 0.05) is 11.4 Å². The fourth-order valence-corrected chi connectivity index (χ4v) is 3.61. The van der Waals surface area contributed by atoms with Gasteiger partial charge in [0.15, 0.2) is 0 Å². The van der Waals surface area contributed by atoms with Crippen molar-refractivity contribution in [1.82, 2.24) is 10.2 Å². The van der Waals surface area contributed by atoms with Gasteiger partial charge in [-0.2, -0.15) is 0 Å². The largest absolute Gasteiger partial charge is 0.349 e. The van der Waals surface area contributed by atoms with Crippen LogP contribution >= 0.6 is 34.3 Å². The molecule has 6 heteroatoms. The molecule has 0 bridgehead atoms. The molecule has 0 unspecified atom stereocenters. The number of thiophene rings is 2. The van der Waals surface area contributed by atoms with Gasteiger partial charge in [0.05, 0.1) is 15.3 Å². The summed E-state index contributed by atoms with van der Waals surface area (Å²) in [6.45, 7) is 0.585. The van der Waals surface area contributed by atoms with Gasteiger partial charge in [-0.1, -0.05) is 17.7 Å². The minimum atomic E-state index is -0.0692. The van der Waals surface area contributed by atoms with Crippen molar-refractivity contribution in [3.05, 3.63) is 43.7 Å². The molecule has 102 valence electrons. The number of nitrogens with one attached hydrogen (secondary N) is 1. The highest BCUT2D eigenvalue weighted by atomic mass is 35.5. The summed E-state index contributed by atoms with van der Waals surface area (Å²) in [6, 6.07) is 7.79. The minimum absolute atomic E-state index is 0.0692. The van der Waals surface area contributed by atoms with E-state index in [0.29, 0.717) is 15.8 Å². The smallest absolute Gasteiger partial charge is 0.261 e. The van der Waals surface area contributed by atoms with Crippen molar-refractivity contribution in [2.75, 3.05) is 20.6 Å². The number of amides is 1. The molecule has 0 aliphatic carbocycles. The van der Waals surface area contributed by atoms with E-state index in [1.165, 1.54) is 16.2 Å². The van der Waals surface area contributed by atoms with Gasteiger partial charge in [-0.3, -0.25) is 4.79 Å². The van der Waals surface area contributed by atoms with Gasteiger partial charge in [0.25, 0.3) is 5.91 Å². The Morgan fingerprint density at radius 2 is 2.21 bits per heavy atom. The van der Waals surface area contributed by atoms with Crippen LogP contribution in [0.2, 0.25) is 4.34 Å². The Hall–Kier alpha value is -0.880. The van der Waals surface area contributed by atoms with Crippen molar-refractivity contribution in [2.24, 2.45) is 0 Å². The Bertz CT molecular complexity index is 537. The Balaban J connectivity index is 1.98. The monoisotopic (exact) mass is 314 g/mol. The number of hydrogen-bond acceptors (Lipinski definition) is 4. The molecule has 0 aliphatic heterocycles. The molecule has 0 aliphatic rings. The van der Waals surface area contributed by atoms with Crippen LogP contribution in [0, 0.1) is 0 Å². The Kier molecular flexibility index (Phi) is 4.99. The van der Waals surface area contributed by atoms with Gasteiger partial charge in [-0.15, -0.1) is 22.7 Å². The van der Waals surface area contributed by atoms with Crippen molar-refractivity contribution >= 4 is 40.2 Å². The van der Waals surface area contributed by atoms with Crippen molar-refractivity contribution in [2.45, 2.75) is 6.04 Å². The van der Waals surface area contributed by atoms with Crippen LogP contribution in [0.15, 0.2) is 29.6 Å². The third-order valence-corrected chi connectivity index (χ3v) is 4.95. The first-order valence-corrected chi connectivity index (χ1v) is 7.88. The number of nitrogens with zero attached hydrogens (tertiary/aromatic N) is 1. The normalized spacial score (nSPS) is 12.6. The average molecular weight is 315 g/mol. The molecule has 2 aromatic rings. The quantitative estimate of drug-likeness (QED) is 0.916. The molecule has 2 rings (SSSR count). The molecule has 2 aromatic heterocycles. The average Bonchev–Trinajstić information content (AvgIpc) is 3.00. The fraction of sp³-hybridized carbons (Fsp3) is 0.308. The zero-order valence-corrected chi connectivity index (χ0v) is 13.1. The summed E-state index contributed by atoms with van der Waals surface area (Å²) in [7, 11) is 4.02. The number of carbonyl (C=O) groups is 1. The lowest BCUT2D eigenvalue weighted by atomic mass is 10.2. The zero-order chi connectivity index (χ0) is 13.8. The number of hydrogen-bond donors (Lipinski definition) is 1. The summed E-state index contributed by atoms with van der Waals surface area (Å²) in [5.74, 6) is -0.0692. The van der Waals surface area contributed by atoms with Crippen LogP contribution in [-0.4, -0.2) is 31.4 Å². The lowest BCUT2D eigenvalue weighted by Gasteiger charge is -2.23. The second-order valence-corrected chi connectivity index (χ2v) is 7.00. The van der Waals surface area contributed by atoms with Crippen LogP contribution in [-0.2, 0) is 0 Å². The molecule has 0 fully saturated rings. The SMILES string of the molecule is CN(C)[C@H](CNC(=O)c1ccc(Cl)s1)c1cccs1. The van der Waals surface area contributed by atoms with Crippen LogP contribution in [0.1, 0.15) is 20.6 Å². The first kappa shape index (κ1) is 14.5. The van der Waals surface area contributed by atoms with Gasteiger partial charge >= 0.3 is 0 Å². The summed E-state index contributed by atoms with van der Waals surface area (Å²) in [6.07, 6.45) is 0. The first-order chi connectivity index (χ1) is 9.08. The topological polar surface area (TPSA) is 32.3 Å². The van der Waals surface area contributed by atoms with E-state index >= 15 is 0 Å². The molecule has 1 atom stereocenters. The molecule has 3 nitrogen and oxygen atoms in total. The van der Waals surface area contributed by atoms with E-state index < -0.39 is 0 Å². The predicted molar refractivity (Wildman–Crippen MR) is 82.4 cm³/mol. The Morgan fingerprint density at radius 1 is 1.42 bits per heavy atom. The molecular formula is C13H15ClN2OS2. The lowest BCUT2D eigenvalue weighted by molar-refractivity contribution is 0.0946. The van der Waals surface area contributed by atoms with Crippen molar-refractivity contribution in [3.63, 3.8) is 0 Å². The molecule has 1 N–H and O–H groups in total. The molecule has 0 saturated carbocycles. The summed E-state index contributed by atoms with van der Waals surface area (Å²) in [5.41, 5.74) is 0. The van der Waals surface area contributed by atoms with Crippen LogP contribution in [0.25, 0.3) is 0 Å². The summed E-state index contributed by atoms with van der Waals surface area (Å²) >= 11 is 8.83. The minimum Gasteiger partial charge on any atom is -0.349 e. The van der Waals surface area contributed by atoms with E-state index in [2.05, 4.69) is 16.3 Å². The van der Waals surface area contributed by atoms with Crippen LogP contribution < -0.4 is 5.32 Å². The number of halogens is 1. The molecular weight excluding hydrogens is 300 g/mol. The van der Waals surface area contributed by atoms with Crippen LogP contribution in [0.4, 0.5) is 0 Å². The maximum atomic E-state index is 12.0. The molecule has 1 amide bonds. The van der Waals surface area contributed by atoms with E-state index in [-0.39, 0.29) is 11.9 Å². The number of likely N-dealkylation sites (N-methyl/N-ethyl adjacent to an activating group) is 1. The highest BCUT2D eigenvalue weighted by Gasteiger charge is 2.17. The zero-order valence-electron chi connectivity index (χ0n) is 10.7. The van der Waals surface area contributed by atoms with E-state index in [1.54, 1.807) is 23.5 Å². The van der Waals surface area contributed by atoms with Gasteiger partial charge in [0.1, 0.15) is 0 Å². The maximum absolute atomic E-state index is 12.0. The molecule has 0 radical (unpaired) electrons. The highest BCUT2D eigenvalue weighted by Crippen LogP contribution is 2.24. The number of carbonyl (C=O) groups excluding carboxylic acids is 1. The summed E-state index contributed by atoms with van der Waals surface area (Å²) in [5, 5.41) is 5.01. The second-order valence-electron chi connectivity index (χ2n) is 4.31. The standard InChI is InChI=1S/C13H15ClN2OS2/c1-16(2)9(10-4-3-7-18-10)8-15-13(17)11-5-6-12(14)19-11/h3-7,9H,8H2,1-2H3,(H,15,17)/t9-/m1/s1. The Labute approximate surface area is 125 Å². The van der Waals surface area contributed by atoms with E-state index in [9.17, 15) is 4.79 Å². The summed E-state index contributed by atoms with van der Waals surface area (Å²) < 4.78 is 0.632. The molecule has 19 heavy (non-hydrogen) atoms.